The Morgan fingerprint density at radius 3 is 2.38 bits per heavy atom. The maximum atomic E-state index is 9.64. The van der Waals surface area contributed by atoms with Crippen LogP contribution >= 0.6 is 0 Å². The number of aromatic amines is 2. The molecule has 0 atom stereocenters. The summed E-state index contributed by atoms with van der Waals surface area (Å²) in [6.45, 7) is 11.3. The number of aromatic nitrogens is 4. The Labute approximate surface area is 143 Å². The first-order chi connectivity index (χ1) is 11.5. The number of aliphatic hydroxyl groups is 1. The second-order valence-corrected chi connectivity index (χ2v) is 5.11. The molecule has 5 nitrogen and oxygen atoms in total. The van der Waals surface area contributed by atoms with E-state index in [1.54, 1.807) is 26.2 Å². The minimum atomic E-state index is -1.03. The van der Waals surface area contributed by atoms with Crippen molar-refractivity contribution in [3.05, 3.63) is 36.5 Å². The summed E-state index contributed by atoms with van der Waals surface area (Å²) in [7, 11) is 0. The van der Waals surface area contributed by atoms with Crippen LogP contribution in [0.25, 0.3) is 22.0 Å². The van der Waals surface area contributed by atoms with Gasteiger partial charge in [0.1, 0.15) is 11.3 Å². The zero-order chi connectivity index (χ0) is 18.2. The quantitative estimate of drug-likeness (QED) is 0.588. The van der Waals surface area contributed by atoms with Gasteiger partial charge in [0.15, 0.2) is 0 Å². The molecule has 0 bridgehead atoms. The normalized spacial score (nSPS) is 9.96. The van der Waals surface area contributed by atoms with Gasteiger partial charge in [-0.15, -0.1) is 0 Å². The molecule has 0 saturated carbocycles. The fourth-order valence-electron chi connectivity index (χ4n) is 1.94. The lowest BCUT2D eigenvalue weighted by Gasteiger charge is -2.05. The lowest BCUT2D eigenvalue weighted by atomic mass is 10.1. The number of nitrogens with zero attached hydrogens (tertiary/aromatic N) is 2. The van der Waals surface area contributed by atoms with Gasteiger partial charge < -0.3 is 10.1 Å². The standard InChI is InChI=1S/C15H14N4O.2C2H6/c1-15(2,20)4-3-11-5-12-13(10-6-18-19-7-10)8-17-14(12)9-16-11;2*1-2/h5-9,17,20H,1-2H3,(H,18,19);2*1-2H3. The van der Waals surface area contributed by atoms with E-state index in [1.165, 1.54) is 0 Å². The van der Waals surface area contributed by atoms with Gasteiger partial charge in [-0.1, -0.05) is 33.6 Å². The van der Waals surface area contributed by atoms with Crippen molar-refractivity contribution in [3.8, 4) is 23.0 Å². The van der Waals surface area contributed by atoms with Gasteiger partial charge in [0, 0.05) is 28.9 Å². The summed E-state index contributed by atoms with van der Waals surface area (Å²) in [5.74, 6) is 5.65. The maximum absolute atomic E-state index is 9.64. The fraction of sp³-hybridized carbons (Fsp3) is 0.368. The second kappa shape index (κ2) is 8.90. The summed E-state index contributed by atoms with van der Waals surface area (Å²) in [5.41, 5.74) is 2.59. The van der Waals surface area contributed by atoms with Crippen molar-refractivity contribution in [1.29, 1.82) is 0 Å². The molecule has 3 aromatic heterocycles. The Morgan fingerprint density at radius 2 is 1.79 bits per heavy atom. The first-order valence-electron chi connectivity index (χ1n) is 8.25. The summed E-state index contributed by atoms with van der Waals surface area (Å²) in [5, 5.41) is 17.4. The second-order valence-electron chi connectivity index (χ2n) is 5.11. The molecule has 3 N–H and O–H groups in total. The van der Waals surface area contributed by atoms with Crippen LogP contribution in [-0.4, -0.2) is 30.9 Å². The zero-order valence-corrected chi connectivity index (χ0v) is 15.2. The molecule has 0 aliphatic rings. The van der Waals surface area contributed by atoms with E-state index in [2.05, 4.69) is 32.0 Å². The van der Waals surface area contributed by atoms with Gasteiger partial charge in [-0.25, -0.2) is 4.98 Å². The molecule has 0 spiro atoms. The molecule has 0 unspecified atom stereocenters. The molecule has 0 radical (unpaired) electrons. The van der Waals surface area contributed by atoms with E-state index in [1.807, 2.05) is 46.2 Å². The van der Waals surface area contributed by atoms with Gasteiger partial charge in [-0.3, -0.25) is 5.10 Å². The van der Waals surface area contributed by atoms with Crippen molar-refractivity contribution in [2.24, 2.45) is 0 Å². The first kappa shape index (κ1) is 19.5. The van der Waals surface area contributed by atoms with Crippen LogP contribution in [0.5, 0.6) is 0 Å². The predicted molar refractivity (Wildman–Crippen MR) is 99.5 cm³/mol. The van der Waals surface area contributed by atoms with Crippen molar-refractivity contribution in [1.82, 2.24) is 20.2 Å². The summed E-state index contributed by atoms with van der Waals surface area (Å²) < 4.78 is 0. The molecule has 5 heteroatoms. The van der Waals surface area contributed by atoms with Gasteiger partial charge in [0.05, 0.1) is 17.9 Å². The molecule has 0 fully saturated rings. The Balaban J connectivity index is 0.000000671. The number of hydrogen-bond donors (Lipinski definition) is 3. The summed E-state index contributed by atoms with van der Waals surface area (Å²) in [4.78, 5) is 7.44. The molecule has 0 aromatic carbocycles. The maximum Gasteiger partial charge on any atom is 0.120 e. The summed E-state index contributed by atoms with van der Waals surface area (Å²) in [6, 6.07) is 1.91. The molecule has 24 heavy (non-hydrogen) atoms. The molecule has 3 heterocycles. The Bertz CT molecular complexity index is 799. The fourth-order valence-corrected chi connectivity index (χ4v) is 1.94. The highest BCUT2D eigenvalue weighted by Gasteiger charge is 2.09. The third-order valence-corrected chi connectivity index (χ3v) is 2.87. The molecule has 0 amide bonds. The van der Waals surface area contributed by atoms with Crippen LogP contribution < -0.4 is 0 Å². The highest BCUT2D eigenvalue weighted by atomic mass is 16.3. The van der Waals surface area contributed by atoms with E-state index in [0.29, 0.717) is 5.69 Å². The molecule has 0 aliphatic carbocycles. The minimum Gasteiger partial charge on any atom is -0.378 e. The monoisotopic (exact) mass is 326 g/mol. The van der Waals surface area contributed by atoms with Crippen molar-refractivity contribution >= 4 is 10.9 Å². The molecule has 0 aliphatic heterocycles. The van der Waals surface area contributed by atoms with Gasteiger partial charge in [0.2, 0.25) is 0 Å². The molecule has 128 valence electrons. The van der Waals surface area contributed by atoms with Crippen molar-refractivity contribution < 1.29 is 5.11 Å². The van der Waals surface area contributed by atoms with Gasteiger partial charge in [-0.05, 0) is 25.8 Å². The number of H-pyrrole nitrogens is 2. The van der Waals surface area contributed by atoms with Crippen molar-refractivity contribution in [2.45, 2.75) is 47.1 Å². The van der Waals surface area contributed by atoms with E-state index in [-0.39, 0.29) is 0 Å². The van der Waals surface area contributed by atoms with Crippen LogP contribution in [0.2, 0.25) is 0 Å². The van der Waals surface area contributed by atoms with Crippen molar-refractivity contribution in [2.75, 3.05) is 0 Å². The van der Waals surface area contributed by atoms with Gasteiger partial charge >= 0.3 is 0 Å². The van der Waals surface area contributed by atoms with E-state index in [4.69, 9.17) is 0 Å². The summed E-state index contributed by atoms with van der Waals surface area (Å²) >= 11 is 0. The zero-order valence-electron chi connectivity index (χ0n) is 15.2. The smallest absolute Gasteiger partial charge is 0.120 e. The number of fused-ring (bicyclic) bond motifs is 1. The van der Waals surface area contributed by atoms with E-state index < -0.39 is 5.60 Å². The highest BCUT2D eigenvalue weighted by Crippen LogP contribution is 2.27. The van der Waals surface area contributed by atoms with Crippen LogP contribution in [0.15, 0.2) is 30.9 Å². The van der Waals surface area contributed by atoms with Crippen LogP contribution in [0, 0.1) is 11.8 Å². The topological polar surface area (TPSA) is 77.6 Å². The largest absolute Gasteiger partial charge is 0.378 e. The van der Waals surface area contributed by atoms with E-state index in [9.17, 15) is 5.11 Å². The number of nitrogens with one attached hydrogen (secondary N) is 2. The number of hydrogen-bond acceptors (Lipinski definition) is 3. The Kier molecular flexibility index (Phi) is 7.22. The molecule has 3 aromatic rings. The number of rotatable bonds is 1. The first-order valence-corrected chi connectivity index (χ1v) is 8.25. The predicted octanol–water partition coefficient (Wildman–Crippen LogP) is 4.13. The number of pyridine rings is 1. The van der Waals surface area contributed by atoms with Crippen LogP contribution in [0.3, 0.4) is 0 Å². The van der Waals surface area contributed by atoms with Gasteiger partial charge in [-0.2, -0.15) is 5.10 Å². The lowest BCUT2D eigenvalue weighted by molar-refractivity contribution is 0.143. The van der Waals surface area contributed by atoms with E-state index in [0.717, 1.165) is 22.0 Å². The third-order valence-electron chi connectivity index (χ3n) is 2.87. The van der Waals surface area contributed by atoms with E-state index >= 15 is 0 Å². The summed E-state index contributed by atoms with van der Waals surface area (Å²) in [6.07, 6.45) is 7.27. The average Bonchev–Trinajstić information content (AvgIpc) is 3.24. The molecular weight excluding hydrogens is 300 g/mol. The molecule has 0 saturated heterocycles. The average molecular weight is 326 g/mol. The Morgan fingerprint density at radius 1 is 1.08 bits per heavy atom. The lowest BCUT2D eigenvalue weighted by Crippen LogP contribution is -2.14. The minimum absolute atomic E-state index is 0.629. The Hall–Kier alpha value is -2.58. The molecule has 3 rings (SSSR count). The van der Waals surface area contributed by atoms with Crippen molar-refractivity contribution in [3.63, 3.8) is 0 Å². The SMILES string of the molecule is CC.CC.CC(C)(O)C#Cc1cc2c(-c3cn[nH]c3)c[nH]c2cn1. The molecular formula is C19H26N4O. The highest BCUT2D eigenvalue weighted by molar-refractivity contribution is 5.95. The van der Waals surface area contributed by atoms with Crippen LogP contribution in [-0.2, 0) is 0 Å². The van der Waals surface area contributed by atoms with Gasteiger partial charge in [0.25, 0.3) is 0 Å². The third kappa shape index (κ3) is 4.97. The van der Waals surface area contributed by atoms with Crippen LogP contribution in [0.1, 0.15) is 47.2 Å². The van der Waals surface area contributed by atoms with Crippen LogP contribution in [0.4, 0.5) is 0 Å².